The molecule has 0 saturated heterocycles. The molecular weight excluding hydrogens is 540 g/mol. The zero-order valence-electron chi connectivity index (χ0n) is 25.2. The number of likely N-dealkylation sites (N-methyl/N-ethyl adjacent to an activating group) is 1. The van der Waals surface area contributed by atoms with E-state index in [1.165, 1.54) is 11.2 Å². The van der Waals surface area contributed by atoms with Gasteiger partial charge in [-0.15, -0.1) is 0 Å². The average molecular weight is 581 g/mol. The zero-order chi connectivity index (χ0) is 31.0. The number of anilines is 1. The topological polar surface area (TPSA) is 122 Å². The van der Waals surface area contributed by atoms with Gasteiger partial charge in [0.15, 0.2) is 5.82 Å². The van der Waals surface area contributed by atoms with Crippen LogP contribution < -0.4 is 16.4 Å². The Morgan fingerprint density at radius 2 is 1.51 bits per heavy atom. The Hall–Kier alpha value is -4.76. The van der Waals surface area contributed by atoms with Crippen LogP contribution in [0.5, 0.6) is 0 Å². The summed E-state index contributed by atoms with van der Waals surface area (Å²) in [7, 11) is 3.41. The molecule has 0 spiro atoms. The second-order valence-corrected chi connectivity index (χ2v) is 11.4. The third-order valence-corrected chi connectivity index (χ3v) is 7.17. The fourth-order valence-electron chi connectivity index (χ4n) is 4.70. The average Bonchev–Trinajstić information content (AvgIpc) is 3.45. The van der Waals surface area contributed by atoms with Crippen LogP contribution >= 0.6 is 0 Å². The molecule has 1 aromatic heterocycles. The van der Waals surface area contributed by atoms with Gasteiger partial charge in [-0.25, -0.2) is 4.98 Å². The summed E-state index contributed by atoms with van der Waals surface area (Å²) in [5.41, 5.74) is 8.91. The number of aryl methyl sites for hydroxylation is 1. The molecule has 4 aromatic rings. The summed E-state index contributed by atoms with van der Waals surface area (Å²) in [5, 5.41) is 5.62. The van der Waals surface area contributed by atoms with Gasteiger partial charge < -0.3 is 25.8 Å². The molecule has 9 nitrogen and oxygen atoms in total. The highest BCUT2D eigenvalue weighted by Crippen LogP contribution is 2.26. The Bertz CT molecular complexity index is 1510. The normalized spacial score (nSPS) is 12.7. The Morgan fingerprint density at radius 1 is 0.907 bits per heavy atom. The van der Waals surface area contributed by atoms with Crippen LogP contribution in [-0.2, 0) is 20.8 Å². The van der Waals surface area contributed by atoms with Crippen molar-refractivity contribution in [2.75, 3.05) is 19.4 Å². The highest BCUT2D eigenvalue weighted by Gasteiger charge is 2.29. The van der Waals surface area contributed by atoms with Gasteiger partial charge in [-0.3, -0.25) is 14.4 Å². The number of carbonyl (C=O) groups excluding carboxylic acids is 3. The van der Waals surface area contributed by atoms with Crippen LogP contribution in [0.25, 0.3) is 11.1 Å². The fourth-order valence-corrected chi connectivity index (χ4v) is 4.70. The van der Waals surface area contributed by atoms with Crippen molar-refractivity contribution in [1.29, 1.82) is 0 Å². The summed E-state index contributed by atoms with van der Waals surface area (Å²) >= 11 is 0. The summed E-state index contributed by atoms with van der Waals surface area (Å²) in [4.78, 5) is 45.3. The van der Waals surface area contributed by atoms with Gasteiger partial charge in [0, 0.05) is 20.3 Å². The minimum absolute atomic E-state index is 0.140. The number of hydrogen-bond donors (Lipinski definition) is 3. The molecule has 2 atom stereocenters. The highest BCUT2D eigenvalue weighted by atomic mass is 16.2. The van der Waals surface area contributed by atoms with E-state index in [0.29, 0.717) is 12.8 Å². The molecular formula is C34H40N6O3. The number of hydrogen-bond acceptors (Lipinski definition) is 5. The lowest BCUT2D eigenvalue weighted by atomic mass is 10.00. The predicted octanol–water partition coefficient (Wildman–Crippen LogP) is 4.41. The van der Waals surface area contributed by atoms with Gasteiger partial charge >= 0.3 is 0 Å². The van der Waals surface area contributed by atoms with Crippen molar-refractivity contribution in [2.24, 2.45) is 5.73 Å². The number of nitrogens with zero attached hydrogens (tertiary/aromatic N) is 3. The first kappa shape index (κ1) is 31.2. The Balaban J connectivity index is 1.51. The minimum atomic E-state index is -1.14. The molecule has 0 bridgehead atoms. The largest absolute Gasteiger partial charge is 0.347 e. The maximum absolute atomic E-state index is 13.4. The number of rotatable bonds is 12. The SMILES string of the molecule is CN(C)C(=O)C(c1ccc(-c2ccccc2)cc1)n1cnc(NC(=O)C(CCCc2ccccc2)NC(=O)C(C)(C)N)c1. The molecule has 4 N–H and O–H groups in total. The van der Waals surface area contributed by atoms with Gasteiger partial charge in [0.25, 0.3) is 0 Å². The Labute approximate surface area is 253 Å². The predicted molar refractivity (Wildman–Crippen MR) is 169 cm³/mol. The van der Waals surface area contributed by atoms with Gasteiger partial charge in [0.1, 0.15) is 12.1 Å². The molecule has 224 valence electrons. The van der Waals surface area contributed by atoms with Crippen molar-refractivity contribution in [1.82, 2.24) is 19.8 Å². The summed E-state index contributed by atoms with van der Waals surface area (Å²) in [6.07, 6.45) is 5.01. The van der Waals surface area contributed by atoms with Gasteiger partial charge in [-0.05, 0) is 55.4 Å². The quantitative estimate of drug-likeness (QED) is 0.229. The van der Waals surface area contributed by atoms with Crippen LogP contribution in [0.15, 0.2) is 97.5 Å². The first-order valence-electron chi connectivity index (χ1n) is 14.4. The summed E-state index contributed by atoms with van der Waals surface area (Å²) in [6.45, 7) is 3.19. The summed E-state index contributed by atoms with van der Waals surface area (Å²) < 4.78 is 1.68. The first-order valence-corrected chi connectivity index (χ1v) is 14.4. The van der Waals surface area contributed by atoms with E-state index in [4.69, 9.17) is 5.73 Å². The van der Waals surface area contributed by atoms with E-state index in [-0.39, 0.29) is 11.7 Å². The van der Waals surface area contributed by atoms with Crippen LogP contribution in [0, 0.1) is 0 Å². The number of benzene rings is 3. The smallest absolute Gasteiger partial charge is 0.249 e. The van der Waals surface area contributed by atoms with Crippen LogP contribution in [0.3, 0.4) is 0 Å². The maximum atomic E-state index is 13.4. The van der Waals surface area contributed by atoms with Gasteiger partial charge in [0.05, 0.1) is 11.9 Å². The molecule has 43 heavy (non-hydrogen) atoms. The van der Waals surface area contributed by atoms with Crippen molar-refractivity contribution >= 4 is 23.5 Å². The first-order chi connectivity index (χ1) is 20.5. The lowest BCUT2D eigenvalue weighted by Crippen LogP contribution is -2.54. The van der Waals surface area contributed by atoms with E-state index < -0.39 is 29.4 Å². The van der Waals surface area contributed by atoms with Crippen LogP contribution in [0.2, 0.25) is 0 Å². The van der Waals surface area contributed by atoms with Crippen LogP contribution in [0.4, 0.5) is 5.82 Å². The molecule has 4 rings (SSSR count). The van der Waals surface area contributed by atoms with E-state index in [1.54, 1.807) is 38.7 Å². The summed E-state index contributed by atoms with van der Waals surface area (Å²) in [6, 6.07) is 26.3. The van der Waals surface area contributed by atoms with Crippen LogP contribution in [0.1, 0.15) is 43.9 Å². The standard InChI is InChI=1S/C34H40N6O3/c1-34(2,35)33(43)37-28(17-11-14-24-12-7-5-8-13-24)31(41)38-29-22-40(23-36-29)30(32(42)39(3)4)27-20-18-26(19-21-27)25-15-9-6-10-16-25/h5-10,12-13,15-16,18-23,28,30H,11,14,17,35H2,1-4H3,(H,37,43)(H,38,41). The van der Waals surface area contributed by atoms with E-state index in [1.807, 2.05) is 84.9 Å². The second kappa shape index (κ2) is 13.9. The molecule has 0 saturated carbocycles. The molecule has 3 aromatic carbocycles. The minimum Gasteiger partial charge on any atom is -0.347 e. The monoisotopic (exact) mass is 580 g/mol. The Kier molecular flexibility index (Phi) is 10.1. The third-order valence-electron chi connectivity index (χ3n) is 7.17. The molecule has 2 unspecified atom stereocenters. The van der Waals surface area contributed by atoms with Gasteiger partial charge in [0.2, 0.25) is 17.7 Å². The van der Waals surface area contributed by atoms with Crippen molar-refractivity contribution in [3.63, 3.8) is 0 Å². The van der Waals surface area contributed by atoms with E-state index in [0.717, 1.165) is 28.7 Å². The number of aromatic nitrogens is 2. The van der Waals surface area contributed by atoms with E-state index >= 15 is 0 Å². The molecule has 1 heterocycles. The van der Waals surface area contributed by atoms with E-state index in [9.17, 15) is 14.4 Å². The maximum Gasteiger partial charge on any atom is 0.249 e. The van der Waals surface area contributed by atoms with E-state index in [2.05, 4.69) is 15.6 Å². The van der Waals surface area contributed by atoms with Crippen LogP contribution in [-0.4, -0.2) is 57.8 Å². The molecule has 9 heteroatoms. The molecule has 0 fully saturated rings. The highest BCUT2D eigenvalue weighted by molar-refractivity contribution is 5.98. The van der Waals surface area contributed by atoms with Gasteiger partial charge in [-0.2, -0.15) is 0 Å². The molecule has 3 amide bonds. The molecule has 0 aliphatic carbocycles. The number of amides is 3. The molecule has 0 aliphatic rings. The molecule has 0 radical (unpaired) electrons. The summed E-state index contributed by atoms with van der Waals surface area (Å²) in [5.74, 6) is -0.692. The molecule has 0 aliphatic heterocycles. The Morgan fingerprint density at radius 3 is 2.12 bits per heavy atom. The van der Waals surface area contributed by atoms with Crippen molar-refractivity contribution in [2.45, 2.75) is 50.7 Å². The van der Waals surface area contributed by atoms with Crippen molar-refractivity contribution < 1.29 is 14.4 Å². The number of nitrogens with one attached hydrogen (secondary N) is 2. The number of imidazole rings is 1. The zero-order valence-corrected chi connectivity index (χ0v) is 25.2. The number of carbonyl (C=O) groups is 3. The van der Waals surface area contributed by atoms with Crippen molar-refractivity contribution in [3.05, 3.63) is 109 Å². The lowest BCUT2D eigenvalue weighted by molar-refractivity contribution is -0.131. The number of nitrogens with two attached hydrogens (primary N) is 1. The van der Waals surface area contributed by atoms with Gasteiger partial charge in [-0.1, -0.05) is 84.9 Å². The van der Waals surface area contributed by atoms with Crippen molar-refractivity contribution in [3.8, 4) is 11.1 Å². The fraction of sp³-hybridized carbons (Fsp3) is 0.294. The lowest BCUT2D eigenvalue weighted by Gasteiger charge is -2.24. The third kappa shape index (κ3) is 8.39. The second-order valence-electron chi connectivity index (χ2n) is 11.4.